The van der Waals surface area contributed by atoms with Gasteiger partial charge in [-0.05, 0) is 81.0 Å². The predicted molar refractivity (Wildman–Crippen MR) is 144 cm³/mol. The van der Waals surface area contributed by atoms with Crippen LogP contribution in [0.1, 0.15) is 63.0 Å². The van der Waals surface area contributed by atoms with Crippen LogP contribution in [0.5, 0.6) is 5.75 Å². The van der Waals surface area contributed by atoms with Crippen LogP contribution in [0, 0.1) is 6.92 Å². The monoisotopic (exact) mass is 497 g/mol. The van der Waals surface area contributed by atoms with Crippen LogP contribution in [0.25, 0.3) is 0 Å². The van der Waals surface area contributed by atoms with Gasteiger partial charge in [-0.3, -0.25) is 9.79 Å². The zero-order chi connectivity index (χ0) is 24.0. The number of benzene rings is 2. The van der Waals surface area contributed by atoms with Crippen LogP contribution in [-0.4, -0.2) is 34.7 Å². The van der Waals surface area contributed by atoms with Crippen LogP contribution in [0.4, 0.5) is 5.69 Å². The molecule has 0 unspecified atom stereocenters. The fraction of sp³-hybridized carbons (Fsp3) is 0.444. The molecule has 2 aliphatic rings. The highest BCUT2D eigenvalue weighted by Crippen LogP contribution is 2.39. The molecule has 2 aromatic rings. The minimum atomic E-state index is -0.369. The highest BCUT2D eigenvalue weighted by atomic mass is 35.5. The Hall–Kier alpha value is -2.31. The highest BCUT2D eigenvalue weighted by Gasteiger charge is 2.37. The minimum absolute atomic E-state index is 0.0818. The van der Waals surface area contributed by atoms with E-state index < -0.39 is 0 Å². The molecule has 1 amide bonds. The number of amides is 1. The average molecular weight is 498 g/mol. The molecule has 0 saturated heterocycles. The van der Waals surface area contributed by atoms with Crippen LogP contribution in [0.15, 0.2) is 52.4 Å². The number of carbonyl (C=O) groups is 1. The summed E-state index contributed by atoms with van der Waals surface area (Å²) >= 11 is 7.55. The number of nitrogens with zero attached hydrogens (tertiary/aromatic N) is 2. The smallest absolute Gasteiger partial charge is 0.234 e. The number of aryl methyl sites for hydroxylation is 1. The van der Waals surface area contributed by atoms with Gasteiger partial charge in [-0.25, -0.2) is 4.99 Å². The number of thioether (sulfide) groups is 1. The minimum Gasteiger partial charge on any atom is -0.494 e. The van der Waals surface area contributed by atoms with Crippen LogP contribution >= 0.6 is 23.4 Å². The van der Waals surface area contributed by atoms with Gasteiger partial charge in [-0.1, -0.05) is 49.2 Å². The van der Waals surface area contributed by atoms with Crippen molar-refractivity contribution in [2.24, 2.45) is 9.98 Å². The molecule has 0 atom stereocenters. The van der Waals surface area contributed by atoms with Crippen molar-refractivity contribution in [2.45, 2.75) is 64.5 Å². The third-order valence-electron chi connectivity index (χ3n) is 6.19. The van der Waals surface area contributed by atoms with E-state index in [9.17, 15) is 4.79 Å². The number of hydrogen-bond donors (Lipinski definition) is 1. The standard InChI is InChI=1S/C27H32ClN3O2S/c1-3-4-16-33-22-12-9-20(10-13-22)25-26(31-27(30-25)14-6-5-7-15-27)34-18-24(32)29-23-17-21(28)11-8-19(23)2/h8-13,17H,3-7,14-16,18H2,1-2H3,(H,29,32). The van der Waals surface area contributed by atoms with E-state index in [-0.39, 0.29) is 17.3 Å². The first-order valence-electron chi connectivity index (χ1n) is 12.1. The van der Waals surface area contributed by atoms with E-state index in [2.05, 4.69) is 12.2 Å². The van der Waals surface area contributed by atoms with Gasteiger partial charge in [0.15, 0.2) is 5.66 Å². The van der Waals surface area contributed by atoms with Crippen molar-refractivity contribution in [2.75, 3.05) is 17.7 Å². The van der Waals surface area contributed by atoms with E-state index in [0.717, 1.165) is 78.5 Å². The number of halogens is 1. The quantitative estimate of drug-likeness (QED) is 0.397. The summed E-state index contributed by atoms with van der Waals surface area (Å²) in [5, 5.41) is 4.42. The molecule has 34 heavy (non-hydrogen) atoms. The molecule has 180 valence electrons. The lowest BCUT2D eigenvalue weighted by atomic mass is 9.90. The lowest BCUT2D eigenvalue weighted by molar-refractivity contribution is -0.113. The van der Waals surface area contributed by atoms with Crippen LogP contribution in [0.3, 0.4) is 0 Å². The largest absolute Gasteiger partial charge is 0.494 e. The van der Waals surface area contributed by atoms with Gasteiger partial charge in [0.25, 0.3) is 0 Å². The number of nitrogens with one attached hydrogen (secondary N) is 1. The summed E-state index contributed by atoms with van der Waals surface area (Å²) in [5.41, 5.74) is 3.25. The molecule has 1 spiro atoms. The van der Waals surface area contributed by atoms with E-state index in [0.29, 0.717) is 5.02 Å². The van der Waals surface area contributed by atoms with Gasteiger partial charge < -0.3 is 10.1 Å². The van der Waals surface area contributed by atoms with Crippen molar-refractivity contribution in [3.8, 4) is 5.75 Å². The topological polar surface area (TPSA) is 63.1 Å². The van der Waals surface area contributed by atoms with Gasteiger partial charge in [-0.2, -0.15) is 0 Å². The second-order valence-electron chi connectivity index (χ2n) is 8.94. The Balaban J connectivity index is 1.47. The van der Waals surface area contributed by atoms with Crippen molar-refractivity contribution < 1.29 is 9.53 Å². The molecule has 2 aromatic carbocycles. The van der Waals surface area contributed by atoms with E-state index in [1.807, 2.05) is 43.3 Å². The van der Waals surface area contributed by atoms with Crippen LogP contribution in [-0.2, 0) is 4.79 Å². The molecule has 1 fully saturated rings. The lowest BCUT2D eigenvalue weighted by Gasteiger charge is -2.27. The molecule has 1 aliphatic heterocycles. The molecule has 5 nitrogen and oxygen atoms in total. The molecule has 0 radical (unpaired) electrons. The number of ether oxygens (including phenoxy) is 1. The summed E-state index contributed by atoms with van der Waals surface area (Å²) < 4.78 is 5.82. The van der Waals surface area contributed by atoms with Crippen molar-refractivity contribution >= 4 is 45.7 Å². The predicted octanol–water partition coefficient (Wildman–Crippen LogP) is 7.06. The first-order chi connectivity index (χ1) is 16.5. The number of carbonyl (C=O) groups excluding carboxylic acids is 1. The maximum absolute atomic E-state index is 12.7. The van der Waals surface area contributed by atoms with E-state index >= 15 is 0 Å². The van der Waals surface area contributed by atoms with Gasteiger partial charge in [0, 0.05) is 16.3 Å². The van der Waals surface area contributed by atoms with Crippen molar-refractivity contribution in [3.05, 3.63) is 58.6 Å². The fourth-order valence-electron chi connectivity index (χ4n) is 4.25. The molecule has 1 aliphatic carbocycles. The maximum Gasteiger partial charge on any atom is 0.234 e. The van der Waals surface area contributed by atoms with Crippen molar-refractivity contribution in [3.63, 3.8) is 0 Å². The normalized spacial score (nSPS) is 16.8. The molecule has 1 heterocycles. The van der Waals surface area contributed by atoms with Crippen LogP contribution < -0.4 is 10.1 Å². The average Bonchev–Trinajstić information content (AvgIpc) is 3.18. The Morgan fingerprint density at radius 3 is 2.62 bits per heavy atom. The Kier molecular flexibility index (Phi) is 8.32. The fourth-order valence-corrected chi connectivity index (χ4v) is 5.29. The maximum atomic E-state index is 12.7. The van der Waals surface area contributed by atoms with Crippen molar-refractivity contribution in [1.29, 1.82) is 0 Å². The third kappa shape index (κ3) is 6.22. The van der Waals surface area contributed by atoms with Gasteiger partial charge in [0.2, 0.25) is 5.91 Å². The second kappa shape index (κ2) is 11.4. The Bertz CT molecular complexity index is 1080. The second-order valence-corrected chi connectivity index (χ2v) is 10.3. The van der Waals surface area contributed by atoms with Gasteiger partial charge >= 0.3 is 0 Å². The number of anilines is 1. The van der Waals surface area contributed by atoms with E-state index in [1.165, 1.54) is 18.2 Å². The summed E-state index contributed by atoms with van der Waals surface area (Å²) in [7, 11) is 0. The molecule has 0 bridgehead atoms. The zero-order valence-corrected chi connectivity index (χ0v) is 21.5. The van der Waals surface area contributed by atoms with E-state index in [4.69, 9.17) is 26.3 Å². The molecular weight excluding hydrogens is 466 g/mol. The molecule has 1 saturated carbocycles. The van der Waals surface area contributed by atoms with Gasteiger partial charge in [-0.15, -0.1) is 0 Å². The van der Waals surface area contributed by atoms with E-state index in [1.54, 1.807) is 6.07 Å². The molecule has 4 rings (SSSR count). The summed E-state index contributed by atoms with van der Waals surface area (Å²) in [6, 6.07) is 13.6. The molecular formula is C27H32ClN3O2S. The number of unbranched alkanes of at least 4 members (excludes halogenated alkanes) is 1. The number of aliphatic imine (C=N–C) groups is 2. The first kappa shape index (κ1) is 24.8. The third-order valence-corrected chi connectivity index (χ3v) is 7.39. The van der Waals surface area contributed by atoms with Crippen molar-refractivity contribution in [1.82, 2.24) is 0 Å². The summed E-state index contributed by atoms with van der Waals surface area (Å²) in [5.74, 6) is 1.05. The summed E-state index contributed by atoms with van der Waals surface area (Å²) in [4.78, 5) is 22.9. The number of rotatable bonds is 8. The summed E-state index contributed by atoms with van der Waals surface area (Å²) in [6.07, 6.45) is 7.59. The van der Waals surface area contributed by atoms with Crippen LogP contribution in [0.2, 0.25) is 5.02 Å². The Morgan fingerprint density at radius 1 is 1.12 bits per heavy atom. The Labute approximate surface area is 211 Å². The van der Waals surface area contributed by atoms with Gasteiger partial charge in [0.1, 0.15) is 10.8 Å². The SMILES string of the molecule is CCCCOc1ccc(C2=NC3(CCCCC3)N=C2SCC(=O)Nc2cc(Cl)ccc2C)cc1. The summed E-state index contributed by atoms with van der Waals surface area (Å²) in [6.45, 7) is 4.83. The molecule has 0 aromatic heterocycles. The Morgan fingerprint density at radius 2 is 1.88 bits per heavy atom. The highest BCUT2D eigenvalue weighted by molar-refractivity contribution is 8.16. The zero-order valence-electron chi connectivity index (χ0n) is 19.9. The first-order valence-corrected chi connectivity index (χ1v) is 13.5. The molecule has 7 heteroatoms. The lowest BCUT2D eigenvalue weighted by Crippen LogP contribution is -2.25. The molecule has 1 N–H and O–H groups in total. The van der Waals surface area contributed by atoms with Gasteiger partial charge in [0.05, 0.1) is 18.1 Å². The number of hydrogen-bond acceptors (Lipinski definition) is 5.